The van der Waals surface area contributed by atoms with Gasteiger partial charge in [0.15, 0.2) is 11.6 Å². The van der Waals surface area contributed by atoms with Crippen LogP contribution in [-0.4, -0.2) is 22.6 Å². The summed E-state index contributed by atoms with van der Waals surface area (Å²) in [6.07, 6.45) is 2.72. The minimum absolute atomic E-state index is 0.0108. The predicted molar refractivity (Wildman–Crippen MR) is 71.9 cm³/mol. The van der Waals surface area contributed by atoms with E-state index in [1.807, 2.05) is 6.92 Å². The van der Waals surface area contributed by atoms with Gasteiger partial charge in [-0.2, -0.15) is 0 Å². The van der Waals surface area contributed by atoms with E-state index in [-0.39, 0.29) is 23.1 Å². The molecule has 0 spiro atoms. The van der Waals surface area contributed by atoms with Crippen molar-refractivity contribution in [3.05, 3.63) is 17.8 Å². The van der Waals surface area contributed by atoms with Gasteiger partial charge in [-0.25, -0.2) is 14.4 Å². The molecule has 5 heteroatoms. The summed E-state index contributed by atoms with van der Waals surface area (Å²) < 4.78 is 14.0. The number of hydrogen-bond acceptors (Lipinski definition) is 4. The van der Waals surface area contributed by atoms with Gasteiger partial charge in [-0.05, 0) is 24.8 Å². The van der Waals surface area contributed by atoms with Gasteiger partial charge in [0.25, 0.3) is 0 Å². The third-order valence-electron chi connectivity index (χ3n) is 3.01. The smallest absolute Gasteiger partial charge is 0.186 e. The second-order valence-corrected chi connectivity index (χ2v) is 5.48. The molecule has 1 heterocycles. The number of aromatic nitrogens is 2. The van der Waals surface area contributed by atoms with Crippen molar-refractivity contribution >= 4 is 5.82 Å². The van der Waals surface area contributed by atoms with Crippen LogP contribution in [0.25, 0.3) is 0 Å². The maximum atomic E-state index is 14.0. The zero-order valence-electron chi connectivity index (χ0n) is 11.6. The number of halogens is 1. The molecule has 3 N–H and O–H groups in total. The number of aryl methyl sites for hydroxylation is 1. The lowest BCUT2D eigenvalue weighted by atomic mass is 9.85. The van der Waals surface area contributed by atoms with Gasteiger partial charge in [0.05, 0.1) is 5.69 Å². The first-order valence-corrected chi connectivity index (χ1v) is 6.36. The number of nitrogens with one attached hydrogen (secondary N) is 1. The Morgan fingerprint density at radius 1 is 1.39 bits per heavy atom. The van der Waals surface area contributed by atoms with Crippen molar-refractivity contribution < 1.29 is 4.39 Å². The molecule has 0 radical (unpaired) electrons. The first-order chi connectivity index (χ1) is 8.40. The lowest BCUT2D eigenvalue weighted by molar-refractivity contribution is 0.327. The fourth-order valence-electron chi connectivity index (χ4n) is 1.81. The van der Waals surface area contributed by atoms with Crippen LogP contribution in [0.3, 0.4) is 0 Å². The Hall–Kier alpha value is -1.23. The highest BCUT2D eigenvalue weighted by Crippen LogP contribution is 2.26. The molecule has 18 heavy (non-hydrogen) atoms. The van der Waals surface area contributed by atoms with Crippen LogP contribution >= 0.6 is 0 Å². The lowest BCUT2D eigenvalue weighted by Gasteiger charge is -2.31. The third kappa shape index (κ3) is 3.63. The Morgan fingerprint density at radius 2 is 2.06 bits per heavy atom. The molecule has 102 valence electrons. The van der Waals surface area contributed by atoms with E-state index in [2.05, 4.69) is 36.1 Å². The molecule has 4 nitrogen and oxygen atoms in total. The van der Waals surface area contributed by atoms with Crippen molar-refractivity contribution in [3.8, 4) is 0 Å². The van der Waals surface area contributed by atoms with Crippen LogP contribution in [0.2, 0.25) is 0 Å². The Labute approximate surface area is 108 Å². The lowest BCUT2D eigenvalue weighted by Crippen LogP contribution is -2.36. The molecule has 0 amide bonds. The molecule has 0 aromatic carbocycles. The van der Waals surface area contributed by atoms with Gasteiger partial charge in [0.2, 0.25) is 0 Å². The molecule has 0 aliphatic heterocycles. The number of anilines is 1. The fourth-order valence-corrected chi connectivity index (χ4v) is 1.81. The van der Waals surface area contributed by atoms with Crippen LogP contribution in [-0.2, 0) is 6.42 Å². The zero-order chi connectivity index (χ0) is 13.8. The summed E-state index contributed by atoms with van der Waals surface area (Å²) >= 11 is 0. The normalized spacial score (nSPS) is 13.4. The van der Waals surface area contributed by atoms with Crippen molar-refractivity contribution in [1.29, 1.82) is 0 Å². The summed E-state index contributed by atoms with van der Waals surface area (Å²) in [5, 5.41) is 3.16. The Balaban J connectivity index is 2.94. The van der Waals surface area contributed by atoms with Crippen LogP contribution in [0, 0.1) is 11.2 Å². The molecule has 0 bridgehead atoms. The molecule has 1 aromatic rings. The van der Waals surface area contributed by atoms with E-state index >= 15 is 0 Å². The van der Waals surface area contributed by atoms with Crippen molar-refractivity contribution in [3.63, 3.8) is 0 Å². The molecule has 0 saturated heterocycles. The van der Waals surface area contributed by atoms with Crippen LogP contribution < -0.4 is 11.1 Å². The molecular formula is C13H23FN4. The van der Waals surface area contributed by atoms with E-state index < -0.39 is 0 Å². The summed E-state index contributed by atoms with van der Waals surface area (Å²) in [5.41, 5.74) is 6.03. The van der Waals surface area contributed by atoms with E-state index in [0.717, 1.165) is 6.42 Å². The summed E-state index contributed by atoms with van der Waals surface area (Å²) in [6, 6.07) is 0.0802. The first-order valence-electron chi connectivity index (χ1n) is 6.36. The van der Waals surface area contributed by atoms with Crippen molar-refractivity contribution in [2.45, 2.75) is 46.6 Å². The van der Waals surface area contributed by atoms with Gasteiger partial charge in [0, 0.05) is 6.04 Å². The molecule has 1 unspecified atom stereocenters. The van der Waals surface area contributed by atoms with Gasteiger partial charge < -0.3 is 11.1 Å². The summed E-state index contributed by atoms with van der Waals surface area (Å²) in [5.74, 6) is -0.0819. The summed E-state index contributed by atoms with van der Waals surface area (Å²) in [6.45, 7) is 8.72. The largest absolute Gasteiger partial charge is 0.364 e. The van der Waals surface area contributed by atoms with Crippen LogP contribution in [0.1, 0.15) is 39.8 Å². The van der Waals surface area contributed by atoms with Gasteiger partial charge >= 0.3 is 0 Å². The highest BCUT2D eigenvalue weighted by atomic mass is 19.1. The van der Waals surface area contributed by atoms with E-state index in [9.17, 15) is 4.39 Å². The average Bonchev–Trinajstić information content (AvgIpc) is 2.29. The maximum absolute atomic E-state index is 14.0. The van der Waals surface area contributed by atoms with Crippen molar-refractivity contribution in [1.82, 2.24) is 9.97 Å². The van der Waals surface area contributed by atoms with Gasteiger partial charge in [-0.3, -0.25) is 0 Å². The average molecular weight is 254 g/mol. The van der Waals surface area contributed by atoms with E-state index in [1.54, 1.807) is 0 Å². The molecule has 0 fully saturated rings. The number of rotatable bonds is 5. The van der Waals surface area contributed by atoms with Crippen LogP contribution in [0.4, 0.5) is 10.2 Å². The summed E-state index contributed by atoms with van der Waals surface area (Å²) in [4.78, 5) is 7.91. The maximum Gasteiger partial charge on any atom is 0.186 e. The van der Waals surface area contributed by atoms with Gasteiger partial charge in [-0.1, -0.05) is 27.7 Å². The predicted octanol–water partition coefficient (Wildman–Crippen LogP) is 2.35. The first kappa shape index (κ1) is 14.8. The quantitative estimate of drug-likeness (QED) is 0.846. The number of nitrogens with two attached hydrogens (primary N) is 1. The molecular weight excluding hydrogens is 231 g/mol. The zero-order valence-corrected chi connectivity index (χ0v) is 11.6. The van der Waals surface area contributed by atoms with Gasteiger partial charge in [-0.15, -0.1) is 0 Å². The van der Waals surface area contributed by atoms with E-state index in [4.69, 9.17) is 5.73 Å². The monoisotopic (exact) mass is 254 g/mol. The minimum Gasteiger partial charge on any atom is -0.364 e. The molecule has 1 rings (SSSR count). The molecule has 1 aromatic heterocycles. The summed E-state index contributed by atoms with van der Waals surface area (Å²) in [7, 11) is 0. The molecule has 0 aliphatic carbocycles. The second kappa shape index (κ2) is 6.09. The topological polar surface area (TPSA) is 63.8 Å². The fraction of sp³-hybridized carbons (Fsp3) is 0.692. The Kier molecular flexibility index (Phi) is 5.02. The highest BCUT2D eigenvalue weighted by Gasteiger charge is 2.25. The Morgan fingerprint density at radius 3 is 2.56 bits per heavy atom. The molecule has 1 atom stereocenters. The molecule has 0 aliphatic rings. The van der Waals surface area contributed by atoms with Crippen molar-refractivity contribution in [2.24, 2.45) is 11.1 Å². The SMILES string of the molecule is CCc1ncnc(NC(CCN)C(C)(C)C)c1F. The Bertz CT molecular complexity index is 387. The van der Waals surface area contributed by atoms with Crippen LogP contribution in [0.15, 0.2) is 6.33 Å². The molecule has 0 saturated carbocycles. The number of nitrogens with zero attached hydrogens (tertiary/aromatic N) is 2. The highest BCUT2D eigenvalue weighted by molar-refractivity contribution is 5.38. The van der Waals surface area contributed by atoms with Crippen LogP contribution in [0.5, 0.6) is 0 Å². The third-order valence-corrected chi connectivity index (χ3v) is 3.01. The van der Waals surface area contributed by atoms with E-state index in [1.165, 1.54) is 6.33 Å². The standard InChI is InChI=1S/C13H23FN4/c1-5-9-11(14)12(17-8-16-9)18-10(6-7-15)13(2,3)4/h8,10H,5-7,15H2,1-4H3,(H,16,17,18). The number of hydrogen-bond donors (Lipinski definition) is 2. The second-order valence-electron chi connectivity index (χ2n) is 5.48. The van der Waals surface area contributed by atoms with Gasteiger partial charge in [0.1, 0.15) is 6.33 Å². The van der Waals surface area contributed by atoms with Crippen molar-refractivity contribution in [2.75, 3.05) is 11.9 Å². The minimum atomic E-state index is -0.355. The van der Waals surface area contributed by atoms with E-state index in [0.29, 0.717) is 18.7 Å².